The number of benzene rings is 1. The van der Waals surface area contributed by atoms with Crippen molar-refractivity contribution in [3.8, 4) is 0 Å². The molecule has 2 aliphatic carbocycles. The molecule has 1 heterocycles. The summed E-state index contributed by atoms with van der Waals surface area (Å²) in [4.78, 5) is 0. The molecule has 0 radical (unpaired) electrons. The first-order valence-electron chi connectivity index (χ1n) is 7.82. The third-order valence-electron chi connectivity index (χ3n) is 5.86. The molecule has 20 heavy (non-hydrogen) atoms. The summed E-state index contributed by atoms with van der Waals surface area (Å²) in [6.07, 6.45) is 6.59. The number of hydrogen-bond donors (Lipinski definition) is 1. The summed E-state index contributed by atoms with van der Waals surface area (Å²) >= 11 is 0. The van der Waals surface area contributed by atoms with E-state index in [0.29, 0.717) is 5.41 Å². The Morgan fingerprint density at radius 1 is 1.35 bits per heavy atom. The molecule has 2 aromatic rings. The number of aromatic nitrogens is 2. The predicted octanol–water partition coefficient (Wildman–Crippen LogP) is 2.88. The summed E-state index contributed by atoms with van der Waals surface area (Å²) in [6.45, 7) is 0.819. The highest BCUT2D eigenvalue weighted by Gasteiger charge is 2.50. The Labute approximate surface area is 120 Å². The fourth-order valence-corrected chi connectivity index (χ4v) is 4.85. The summed E-state index contributed by atoms with van der Waals surface area (Å²) in [7, 11) is 2.04. The molecule has 0 saturated heterocycles. The Balaban J connectivity index is 1.74. The third kappa shape index (κ3) is 1.65. The van der Waals surface area contributed by atoms with Crippen molar-refractivity contribution in [3.05, 3.63) is 30.0 Å². The van der Waals surface area contributed by atoms with E-state index in [0.717, 1.165) is 24.8 Å². The zero-order valence-electron chi connectivity index (χ0n) is 12.2. The average Bonchev–Trinajstić information content (AvgIpc) is 3.14. The van der Waals surface area contributed by atoms with Gasteiger partial charge < -0.3 is 5.73 Å². The van der Waals surface area contributed by atoms with E-state index in [4.69, 9.17) is 10.8 Å². The van der Waals surface area contributed by atoms with Gasteiger partial charge in [-0.2, -0.15) is 5.10 Å². The molecule has 1 aromatic carbocycles. The lowest BCUT2D eigenvalue weighted by Gasteiger charge is -2.36. The molecule has 4 rings (SSSR count). The quantitative estimate of drug-likeness (QED) is 0.931. The lowest BCUT2D eigenvalue weighted by molar-refractivity contribution is 0.170. The minimum Gasteiger partial charge on any atom is -0.330 e. The van der Waals surface area contributed by atoms with Crippen LogP contribution in [-0.2, 0) is 13.5 Å². The fourth-order valence-electron chi connectivity index (χ4n) is 4.85. The van der Waals surface area contributed by atoms with Crippen LogP contribution in [0.1, 0.15) is 31.4 Å². The second-order valence-corrected chi connectivity index (χ2v) is 6.91. The number of para-hydroxylation sites is 1. The molecule has 1 aromatic heterocycles. The molecule has 106 valence electrons. The Hall–Kier alpha value is -1.35. The third-order valence-corrected chi connectivity index (χ3v) is 5.86. The molecular formula is C17H23N3. The van der Waals surface area contributed by atoms with Gasteiger partial charge >= 0.3 is 0 Å². The van der Waals surface area contributed by atoms with Crippen molar-refractivity contribution < 1.29 is 0 Å². The molecular weight excluding hydrogens is 246 g/mol. The highest BCUT2D eigenvalue weighted by atomic mass is 15.3. The van der Waals surface area contributed by atoms with E-state index in [1.807, 2.05) is 11.7 Å². The maximum absolute atomic E-state index is 6.22. The summed E-state index contributed by atoms with van der Waals surface area (Å²) in [5.74, 6) is 1.76. The molecule has 3 nitrogen and oxygen atoms in total. The Bertz CT molecular complexity index is 645. The van der Waals surface area contributed by atoms with E-state index in [2.05, 4.69) is 24.3 Å². The second-order valence-electron chi connectivity index (χ2n) is 6.91. The molecule has 2 N–H and O–H groups in total. The lowest BCUT2D eigenvalue weighted by atomic mass is 9.70. The zero-order chi connectivity index (χ0) is 13.7. The van der Waals surface area contributed by atoms with Crippen molar-refractivity contribution in [2.75, 3.05) is 6.54 Å². The Kier molecular flexibility index (Phi) is 2.68. The van der Waals surface area contributed by atoms with Gasteiger partial charge in [0.25, 0.3) is 0 Å². The van der Waals surface area contributed by atoms with E-state index in [1.165, 1.54) is 42.3 Å². The van der Waals surface area contributed by atoms with Crippen LogP contribution in [-0.4, -0.2) is 16.3 Å². The molecule has 0 amide bonds. The number of rotatable bonds is 3. The monoisotopic (exact) mass is 269 g/mol. The summed E-state index contributed by atoms with van der Waals surface area (Å²) in [5.41, 5.74) is 9.02. The lowest BCUT2D eigenvalue weighted by Crippen LogP contribution is -2.38. The first-order chi connectivity index (χ1) is 9.72. The SMILES string of the molecule is Cn1nc(CC2(CN)CC3CCC2C3)c2ccccc21. The molecule has 2 bridgehead atoms. The smallest absolute Gasteiger partial charge is 0.0709 e. The summed E-state index contributed by atoms with van der Waals surface area (Å²) < 4.78 is 2.02. The molecule has 0 aliphatic heterocycles. The van der Waals surface area contributed by atoms with Crippen molar-refractivity contribution in [3.63, 3.8) is 0 Å². The van der Waals surface area contributed by atoms with Gasteiger partial charge in [-0.25, -0.2) is 0 Å². The largest absolute Gasteiger partial charge is 0.330 e. The van der Waals surface area contributed by atoms with Crippen LogP contribution in [0.25, 0.3) is 10.9 Å². The molecule has 2 fully saturated rings. The first-order valence-corrected chi connectivity index (χ1v) is 7.82. The van der Waals surface area contributed by atoms with Gasteiger partial charge in [-0.15, -0.1) is 0 Å². The minimum absolute atomic E-state index is 0.319. The fraction of sp³-hybridized carbons (Fsp3) is 0.588. The molecule has 3 unspecified atom stereocenters. The van der Waals surface area contributed by atoms with E-state index >= 15 is 0 Å². The topological polar surface area (TPSA) is 43.8 Å². The summed E-state index contributed by atoms with van der Waals surface area (Å²) in [5, 5.41) is 6.10. The highest BCUT2D eigenvalue weighted by Crippen LogP contribution is 2.56. The minimum atomic E-state index is 0.319. The van der Waals surface area contributed by atoms with Crippen LogP contribution < -0.4 is 5.73 Å². The van der Waals surface area contributed by atoms with E-state index < -0.39 is 0 Å². The molecule has 3 heteroatoms. The van der Waals surface area contributed by atoms with Gasteiger partial charge in [-0.1, -0.05) is 24.6 Å². The van der Waals surface area contributed by atoms with Gasteiger partial charge in [0.05, 0.1) is 11.2 Å². The number of nitrogens with two attached hydrogens (primary N) is 1. The van der Waals surface area contributed by atoms with Crippen LogP contribution in [0.5, 0.6) is 0 Å². The number of fused-ring (bicyclic) bond motifs is 3. The van der Waals surface area contributed by atoms with Crippen molar-refractivity contribution in [1.29, 1.82) is 0 Å². The van der Waals surface area contributed by atoms with Crippen LogP contribution >= 0.6 is 0 Å². The van der Waals surface area contributed by atoms with Gasteiger partial charge in [0.15, 0.2) is 0 Å². The molecule has 2 aliphatic rings. The van der Waals surface area contributed by atoms with Crippen LogP contribution in [0.3, 0.4) is 0 Å². The number of aryl methyl sites for hydroxylation is 1. The Morgan fingerprint density at radius 3 is 2.90 bits per heavy atom. The van der Waals surface area contributed by atoms with Gasteiger partial charge in [-0.05, 0) is 55.5 Å². The van der Waals surface area contributed by atoms with E-state index in [-0.39, 0.29) is 0 Å². The molecule has 3 atom stereocenters. The van der Waals surface area contributed by atoms with Crippen molar-refractivity contribution in [2.24, 2.45) is 30.0 Å². The Morgan fingerprint density at radius 2 is 2.20 bits per heavy atom. The maximum Gasteiger partial charge on any atom is 0.0709 e. The standard InChI is InChI=1S/C17H23N3/c1-20-16-5-3-2-4-14(16)15(19-20)10-17(11-18)9-12-6-7-13(17)8-12/h2-5,12-13H,6-11,18H2,1H3. The zero-order valence-corrected chi connectivity index (χ0v) is 12.2. The average molecular weight is 269 g/mol. The highest BCUT2D eigenvalue weighted by molar-refractivity contribution is 5.81. The van der Waals surface area contributed by atoms with Crippen LogP contribution in [0, 0.1) is 17.3 Å². The maximum atomic E-state index is 6.22. The van der Waals surface area contributed by atoms with Crippen molar-refractivity contribution in [2.45, 2.75) is 32.1 Å². The van der Waals surface area contributed by atoms with Gasteiger partial charge in [0.2, 0.25) is 0 Å². The van der Waals surface area contributed by atoms with Crippen LogP contribution in [0.2, 0.25) is 0 Å². The van der Waals surface area contributed by atoms with Gasteiger partial charge in [-0.3, -0.25) is 4.68 Å². The predicted molar refractivity (Wildman–Crippen MR) is 81.4 cm³/mol. The first kappa shape index (κ1) is 12.4. The molecule has 0 spiro atoms. The number of hydrogen-bond acceptors (Lipinski definition) is 2. The van der Waals surface area contributed by atoms with Crippen LogP contribution in [0.4, 0.5) is 0 Å². The number of nitrogens with zero attached hydrogens (tertiary/aromatic N) is 2. The van der Waals surface area contributed by atoms with E-state index in [1.54, 1.807) is 0 Å². The van der Waals surface area contributed by atoms with Gasteiger partial charge in [0.1, 0.15) is 0 Å². The molecule has 2 saturated carbocycles. The second kappa shape index (κ2) is 4.32. The summed E-state index contributed by atoms with van der Waals surface area (Å²) in [6, 6.07) is 8.56. The van der Waals surface area contributed by atoms with Gasteiger partial charge in [0, 0.05) is 12.4 Å². The van der Waals surface area contributed by atoms with E-state index in [9.17, 15) is 0 Å². The van der Waals surface area contributed by atoms with Crippen molar-refractivity contribution >= 4 is 10.9 Å². The normalized spacial score (nSPS) is 32.3. The van der Waals surface area contributed by atoms with Crippen molar-refractivity contribution in [1.82, 2.24) is 9.78 Å². The van der Waals surface area contributed by atoms with Crippen LogP contribution in [0.15, 0.2) is 24.3 Å².